The summed E-state index contributed by atoms with van der Waals surface area (Å²) in [4.78, 5) is 19.8. The molecule has 0 aromatic heterocycles. The highest BCUT2D eigenvalue weighted by Gasteiger charge is 2.31. The summed E-state index contributed by atoms with van der Waals surface area (Å²) in [5.74, 6) is 0. The highest BCUT2D eigenvalue weighted by atomic mass is 32.2. The molecule has 20 heavy (non-hydrogen) atoms. The fraction of sp³-hybridized carbons (Fsp3) is 0.733. The molecular formula is C15H27N3OS. The van der Waals surface area contributed by atoms with Crippen LogP contribution >= 0.6 is 11.8 Å². The average molecular weight is 297 g/mol. The summed E-state index contributed by atoms with van der Waals surface area (Å²) in [5.41, 5.74) is 1.06. The molecule has 0 saturated heterocycles. The summed E-state index contributed by atoms with van der Waals surface area (Å²) in [7, 11) is 4.12. The molecule has 0 saturated carbocycles. The SMILES string of the molecule is C=C(CC1SC(C)=NC1N(C)C)N(CC=O)CCCC. The minimum atomic E-state index is 0.209. The Morgan fingerprint density at radius 1 is 1.50 bits per heavy atom. The van der Waals surface area contributed by atoms with E-state index in [9.17, 15) is 4.79 Å². The van der Waals surface area contributed by atoms with Crippen LogP contribution in [0.5, 0.6) is 0 Å². The highest BCUT2D eigenvalue weighted by Crippen LogP contribution is 2.32. The predicted molar refractivity (Wildman–Crippen MR) is 88.3 cm³/mol. The number of hydrogen-bond donors (Lipinski definition) is 0. The first-order valence-electron chi connectivity index (χ1n) is 7.23. The van der Waals surface area contributed by atoms with Crippen LogP contribution in [-0.2, 0) is 4.79 Å². The van der Waals surface area contributed by atoms with Gasteiger partial charge in [0.05, 0.1) is 16.8 Å². The number of aldehydes is 1. The quantitative estimate of drug-likeness (QED) is 0.613. The molecule has 1 heterocycles. The molecule has 0 aromatic rings. The average Bonchev–Trinajstić information content (AvgIpc) is 2.75. The third kappa shape index (κ3) is 4.94. The van der Waals surface area contributed by atoms with Gasteiger partial charge in [-0.1, -0.05) is 19.9 Å². The molecular weight excluding hydrogens is 270 g/mol. The minimum absolute atomic E-state index is 0.209. The highest BCUT2D eigenvalue weighted by molar-refractivity contribution is 8.14. The van der Waals surface area contributed by atoms with Crippen molar-refractivity contribution in [3.63, 3.8) is 0 Å². The Balaban J connectivity index is 2.60. The lowest BCUT2D eigenvalue weighted by Crippen LogP contribution is -2.35. The lowest BCUT2D eigenvalue weighted by molar-refractivity contribution is -0.108. The second-order valence-corrected chi connectivity index (χ2v) is 6.85. The smallest absolute Gasteiger partial charge is 0.139 e. The maximum Gasteiger partial charge on any atom is 0.139 e. The second kappa shape index (κ2) is 8.47. The van der Waals surface area contributed by atoms with Crippen LogP contribution in [0.25, 0.3) is 0 Å². The number of carbonyl (C=O) groups excluding carboxylic acids is 1. The first kappa shape index (κ1) is 17.2. The van der Waals surface area contributed by atoms with Crippen molar-refractivity contribution in [2.45, 2.75) is 44.5 Å². The molecule has 0 N–H and O–H groups in total. The zero-order valence-corrected chi connectivity index (χ0v) is 13.9. The third-order valence-corrected chi connectivity index (χ3v) is 4.62. The summed E-state index contributed by atoms with van der Waals surface area (Å²) in [6, 6.07) is 0. The van der Waals surface area contributed by atoms with Crippen LogP contribution in [0.4, 0.5) is 0 Å². The summed E-state index contributed by atoms with van der Waals surface area (Å²) in [6.07, 6.45) is 4.28. The Hall–Kier alpha value is -0.810. The van der Waals surface area contributed by atoms with E-state index in [0.29, 0.717) is 11.8 Å². The van der Waals surface area contributed by atoms with E-state index in [0.717, 1.165) is 42.8 Å². The molecule has 2 atom stereocenters. The molecule has 0 bridgehead atoms. The Morgan fingerprint density at radius 2 is 2.20 bits per heavy atom. The summed E-state index contributed by atoms with van der Waals surface area (Å²) < 4.78 is 0. The van der Waals surface area contributed by atoms with Gasteiger partial charge in [-0.2, -0.15) is 0 Å². The van der Waals surface area contributed by atoms with E-state index < -0.39 is 0 Å². The van der Waals surface area contributed by atoms with Crippen LogP contribution in [0.15, 0.2) is 17.3 Å². The van der Waals surface area contributed by atoms with Crippen LogP contribution < -0.4 is 0 Å². The normalized spacial score (nSPS) is 21.9. The summed E-state index contributed by atoms with van der Waals surface area (Å²) >= 11 is 1.82. The molecule has 4 nitrogen and oxygen atoms in total. The van der Waals surface area contributed by atoms with Crippen LogP contribution in [0.2, 0.25) is 0 Å². The predicted octanol–water partition coefficient (Wildman–Crippen LogP) is 2.61. The Labute approximate surface area is 127 Å². The van der Waals surface area contributed by atoms with Gasteiger partial charge in [-0.05, 0) is 27.4 Å². The molecule has 0 aromatic carbocycles. The maximum absolute atomic E-state index is 10.8. The van der Waals surface area contributed by atoms with Gasteiger partial charge in [-0.3, -0.25) is 9.89 Å². The number of rotatable bonds is 9. The zero-order chi connectivity index (χ0) is 15.1. The molecule has 0 radical (unpaired) electrons. The molecule has 0 fully saturated rings. The summed E-state index contributed by atoms with van der Waals surface area (Å²) in [5, 5.41) is 1.53. The van der Waals surface area contributed by atoms with E-state index in [1.54, 1.807) is 0 Å². The molecule has 0 spiro atoms. The number of carbonyl (C=O) groups is 1. The van der Waals surface area contributed by atoms with Gasteiger partial charge < -0.3 is 9.69 Å². The van der Waals surface area contributed by atoms with Crippen LogP contribution in [0.3, 0.4) is 0 Å². The number of unbranched alkanes of at least 4 members (excludes halogenated alkanes) is 1. The van der Waals surface area contributed by atoms with Crippen molar-refractivity contribution < 1.29 is 4.79 Å². The Bertz CT molecular complexity index is 368. The van der Waals surface area contributed by atoms with Crippen molar-refractivity contribution in [3.05, 3.63) is 12.3 Å². The lowest BCUT2D eigenvalue weighted by Gasteiger charge is -2.29. The van der Waals surface area contributed by atoms with Crippen molar-refractivity contribution in [3.8, 4) is 0 Å². The van der Waals surface area contributed by atoms with Gasteiger partial charge in [0, 0.05) is 18.7 Å². The first-order chi connectivity index (χ1) is 9.49. The molecule has 5 heteroatoms. The standard InChI is InChI=1S/C15H27N3OS/c1-6-7-8-18(9-10-19)12(2)11-14-15(17(4)5)16-13(3)20-14/h10,14-15H,2,6-9,11H2,1,3-5H3. The van der Waals surface area contributed by atoms with E-state index in [1.807, 2.05) is 11.8 Å². The number of thioether (sulfide) groups is 1. The maximum atomic E-state index is 10.8. The van der Waals surface area contributed by atoms with E-state index in [1.165, 1.54) is 0 Å². The van der Waals surface area contributed by atoms with Gasteiger partial charge in [-0.25, -0.2) is 0 Å². The van der Waals surface area contributed by atoms with Crippen molar-refractivity contribution in [1.82, 2.24) is 9.80 Å². The van der Waals surface area contributed by atoms with Gasteiger partial charge >= 0.3 is 0 Å². The molecule has 114 valence electrons. The lowest BCUT2D eigenvalue weighted by atomic mass is 10.1. The molecule has 1 aliphatic rings. The van der Waals surface area contributed by atoms with E-state index in [2.05, 4.69) is 49.3 Å². The van der Waals surface area contributed by atoms with Crippen molar-refractivity contribution in [2.75, 3.05) is 27.2 Å². The van der Waals surface area contributed by atoms with Crippen molar-refractivity contribution in [2.24, 2.45) is 4.99 Å². The fourth-order valence-electron chi connectivity index (χ4n) is 2.35. The van der Waals surface area contributed by atoms with Crippen LogP contribution in [0, 0.1) is 0 Å². The molecule has 1 aliphatic heterocycles. The number of hydrogen-bond acceptors (Lipinski definition) is 5. The monoisotopic (exact) mass is 297 g/mol. The largest absolute Gasteiger partial charge is 0.368 e. The van der Waals surface area contributed by atoms with Gasteiger partial charge in [0.25, 0.3) is 0 Å². The van der Waals surface area contributed by atoms with Crippen LogP contribution in [0.1, 0.15) is 33.1 Å². The fourth-order valence-corrected chi connectivity index (χ4v) is 3.66. The third-order valence-electron chi connectivity index (χ3n) is 3.46. The molecule has 2 unspecified atom stereocenters. The minimum Gasteiger partial charge on any atom is -0.368 e. The van der Waals surface area contributed by atoms with Gasteiger partial charge in [0.2, 0.25) is 0 Å². The molecule has 1 rings (SSSR count). The van der Waals surface area contributed by atoms with Crippen molar-refractivity contribution in [1.29, 1.82) is 0 Å². The first-order valence-corrected chi connectivity index (χ1v) is 8.11. The van der Waals surface area contributed by atoms with E-state index >= 15 is 0 Å². The Morgan fingerprint density at radius 3 is 2.75 bits per heavy atom. The second-order valence-electron chi connectivity index (χ2n) is 5.42. The molecule has 0 amide bonds. The van der Waals surface area contributed by atoms with Gasteiger partial charge in [-0.15, -0.1) is 11.8 Å². The van der Waals surface area contributed by atoms with Crippen LogP contribution in [-0.4, -0.2) is 59.7 Å². The van der Waals surface area contributed by atoms with E-state index in [4.69, 9.17) is 0 Å². The molecule has 0 aliphatic carbocycles. The number of nitrogens with zero attached hydrogens (tertiary/aromatic N) is 3. The van der Waals surface area contributed by atoms with Crippen molar-refractivity contribution >= 4 is 23.1 Å². The number of aliphatic imine (C=N–C) groups is 1. The van der Waals surface area contributed by atoms with Gasteiger partial charge in [0.15, 0.2) is 0 Å². The van der Waals surface area contributed by atoms with Gasteiger partial charge in [0.1, 0.15) is 12.5 Å². The summed E-state index contributed by atoms with van der Waals surface area (Å²) in [6.45, 7) is 9.78. The Kier molecular flexibility index (Phi) is 7.30. The topological polar surface area (TPSA) is 35.9 Å². The van der Waals surface area contributed by atoms with E-state index in [-0.39, 0.29) is 6.17 Å². The number of allylic oxidation sites excluding steroid dienone is 1. The zero-order valence-electron chi connectivity index (χ0n) is 13.1.